The normalized spacial score (nSPS) is 17.3. The molecule has 1 atom stereocenters. The third-order valence-electron chi connectivity index (χ3n) is 4.97. The number of benzene rings is 2. The van der Waals surface area contributed by atoms with Crippen molar-refractivity contribution in [2.75, 3.05) is 20.2 Å². The minimum absolute atomic E-state index is 0.0752. The van der Waals surface area contributed by atoms with Gasteiger partial charge in [0.05, 0.1) is 6.10 Å². The zero-order chi connectivity index (χ0) is 17.6. The minimum Gasteiger partial charge on any atom is -0.378 e. The number of rotatable bonds is 5. The molecule has 2 aromatic carbocycles. The molecule has 3 rings (SSSR count). The van der Waals surface area contributed by atoms with Crippen LogP contribution in [0.25, 0.3) is 11.1 Å². The van der Waals surface area contributed by atoms with Gasteiger partial charge in [0, 0.05) is 25.8 Å². The van der Waals surface area contributed by atoms with Crippen molar-refractivity contribution in [2.24, 2.45) is 0 Å². The smallest absolute Gasteiger partial charge is 0.253 e. The molecule has 1 unspecified atom stereocenters. The minimum atomic E-state index is 0.0752. The maximum absolute atomic E-state index is 12.8. The molecule has 25 heavy (non-hydrogen) atoms. The molecule has 1 amide bonds. The first-order valence-corrected chi connectivity index (χ1v) is 9.18. The number of ether oxygens (including phenoxy) is 1. The van der Waals surface area contributed by atoms with Gasteiger partial charge in [-0.1, -0.05) is 36.4 Å². The third-order valence-corrected chi connectivity index (χ3v) is 4.97. The summed E-state index contributed by atoms with van der Waals surface area (Å²) in [7, 11) is 1.88. The Kier molecular flexibility index (Phi) is 5.87. The zero-order valence-corrected chi connectivity index (χ0v) is 15.2. The number of hydrogen-bond donors (Lipinski definition) is 0. The highest BCUT2D eigenvalue weighted by atomic mass is 16.5. The van der Waals surface area contributed by atoms with Crippen molar-refractivity contribution in [3.05, 3.63) is 59.7 Å². The number of carbonyl (C=O) groups is 1. The van der Waals surface area contributed by atoms with E-state index in [1.165, 1.54) is 17.5 Å². The molecule has 0 radical (unpaired) electrons. The summed E-state index contributed by atoms with van der Waals surface area (Å²) in [6.45, 7) is 3.69. The van der Waals surface area contributed by atoms with Crippen LogP contribution in [-0.2, 0) is 4.74 Å². The molecule has 3 nitrogen and oxygen atoms in total. The van der Waals surface area contributed by atoms with Gasteiger partial charge in [0.1, 0.15) is 0 Å². The first-order chi connectivity index (χ1) is 12.1. The Bertz CT molecular complexity index is 719. The predicted octanol–water partition coefficient (Wildman–Crippen LogP) is 4.69. The average molecular weight is 337 g/mol. The molecule has 1 aliphatic rings. The van der Waals surface area contributed by atoms with E-state index < -0.39 is 0 Å². The second-order valence-corrected chi connectivity index (χ2v) is 6.90. The fourth-order valence-electron chi connectivity index (χ4n) is 3.41. The Balaban J connectivity index is 1.67. The van der Waals surface area contributed by atoms with Gasteiger partial charge in [-0.3, -0.25) is 4.79 Å². The van der Waals surface area contributed by atoms with Crippen molar-refractivity contribution in [3.8, 4) is 11.1 Å². The summed E-state index contributed by atoms with van der Waals surface area (Å²) in [5.74, 6) is 0.0752. The van der Waals surface area contributed by atoms with Crippen molar-refractivity contribution in [1.29, 1.82) is 0 Å². The number of hydrogen-bond acceptors (Lipinski definition) is 2. The van der Waals surface area contributed by atoms with Gasteiger partial charge in [0.15, 0.2) is 0 Å². The maximum atomic E-state index is 12.8. The molecular weight excluding hydrogens is 310 g/mol. The highest BCUT2D eigenvalue weighted by Gasteiger charge is 2.17. The Morgan fingerprint density at radius 2 is 2.00 bits per heavy atom. The maximum Gasteiger partial charge on any atom is 0.253 e. The summed E-state index contributed by atoms with van der Waals surface area (Å²) in [5.41, 5.74) is 4.23. The third kappa shape index (κ3) is 4.49. The fraction of sp³-hybridized carbons (Fsp3) is 0.409. The van der Waals surface area contributed by atoms with Crippen LogP contribution >= 0.6 is 0 Å². The highest BCUT2D eigenvalue weighted by molar-refractivity contribution is 5.95. The van der Waals surface area contributed by atoms with Crippen molar-refractivity contribution < 1.29 is 9.53 Å². The number of amides is 1. The van der Waals surface area contributed by atoms with Crippen molar-refractivity contribution >= 4 is 5.91 Å². The van der Waals surface area contributed by atoms with Crippen molar-refractivity contribution in [2.45, 2.75) is 38.7 Å². The monoisotopic (exact) mass is 337 g/mol. The molecule has 1 aliphatic heterocycles. The lowest BCUT2D eigenvalue weighted by atomic mass is 9.98. The summed E-state index contributed by atoms with van der Waals surface area (Å²) in [6, 6.07) is 16.2. The molecule has 2 aromatic rings. The topological polar surface area (TPSA) is 29.5 Å². The SMILES string of the molecule is Cc1ccccc1-c1cccc(C(=O)N(C)CCC2CCCCO2)c1. The Morgan fingerprint density at radius 1 is 1.16 bits per heavy atom. The molecule has 0 N–H and O–H groups in total. The number of aryl methyl sites for hydroxylation is 1. The van der Waals surface area contributed by atoms with Crippen molar-refractivity contribution in [1.82, 2.24) is 4.90 Å². The lowest BCUT2D eigenvalue weighted by Gasteiger charge is -2.25. The molecular formula is C22H27NO2. The molecule has 0 spiro atoms. The van der Waals surface area contributed by atoms with Crippen LogP contribution in [0.4, 0.5) is 0 Å². The summed E-state index contributed by atoms with van der Waals surface area (Å²) in [4.78, 5) is 14.6. The van der Waals surface area contributed by atoms with E-state index in [-0.39, 0.29) is 5.91 Å². The fourth-order valence-corrected chi connectivity index (χ4v) is 3.41. The Hall–Kier alpha value is -2.13. The molecule has 0 bridgehead atoms. The van der Waals surface area contributed by atoms with Gasteiger partial charge >= 0.3 is 0 Å². The average Bonchev–Trinajstić information content (AvgIpc) is 2.67. The Labute approximate surface area is 150 Å². The van der Waals surface area contributed by atoms with Crippen LogP contribution in [-0.4, -0.2) is 37.1 Å². The molecule has 0 aliphatic carbocycles. The predicted molar refractivity (Wildman–Crippen MR) is 102 cm³/mol. The largest absolute Gasteiger partial charge is 0.378 e. The van der Waals surface area contributed by atoms with E-state index in [0.717, 1.165) is 43.5 Å². The lowest BCUT2D eigenvalue weighted by molar-refractivity contribution is 0.00709. The molecule has 1 saturated heterocycles. The lowest BCUT2D eigenvalue weighted by Crippen LogP contribution is -2.31. The van der Waals surface area contributed by atoms with Crippen LogP contribution in [0, 0.1) is 6.92 Å². The number of carbonyl (C=O) groups excluding carboxylic acids is 1. The molecule has 0 aromatic heterocycles. The van der Waals surface area contributed by atoms with E-state index >= 15 is 0 Å². The van der Waals surface area contributed by atoms with E-state index in [1.54, 1.807) is 0 Å². The van der Waals surface area contributed by atoms with Gasteiger partial charge in [-0.2, -0.15) is 0 Å². The van der Waals surface area contributed by atoms with E-state index in [2.05, 4.69) is 25.1 Å². The first-order valence-electron chi connectivity index (χ1n) is 9.18. The van der Waals surface area contributed by atoms with Crippen LogP contribution in [0.2, 0.25) is 0 Å². The van der Waals surface area contributed by atoms with Gasteiger partial charge in [0.2, 0.25) is 0 Å². The first kappa shape index (κ1) is 17.7. The van der Waals surface area contributed by atoms with E-state index in [0.29, 0.717) is 6.10 Å². The van der Waals surface area contributed by atoms with Gasteiger partial charge < -0.3 is 9.64 Å². The summed E-state index contributed by atoms with van der Waals surface area (Å²) < 4.78 is 5.77. The molecule has 1 fully saturated rings. The second-order valence-electron chi connectivity index (χ2n) is 6.90. The van der Waals surface area contributed by atoms with Crippen LogP contribution in [0.3, 0.4) is 0 Å². The van der Waals surface area contributed by atoms with Crippen LogP contribution in [0.5, 0.6) is 0 Å². The van der Waals surface area contributed by atoms with Crippen LogP contribution in [0.1, 0.15) is 41.6 Å². The van der Waals surface area contributed by atoms with E-state index in [4.69, 9.17) is 4.74 Å². The van der Waals surface area contributed by atoms with Gasteiger partial charge in [-0.15, -0.1) is 0 Å². The molecule has 132 valence electrons. The Morgan fingerprint density at radius 3 is 2.76 bits per heavy atom. The quantitative estimate of drug-likeness (QED) is 0.792. The van der Waals surface area contributed by atoms with Crippen LogP contribution < -0.4 is 0 Å². The number of nitrogens with zero attached hydrogens (tertiary/aromatic N) is 1. The van der Waals surface area contributed by atoms with Gasteiger partial charge in [0.25, 0.3) is 5.91 Å². The van der Waals surface area contributed by atoms with Gasteiger partial charge in [-0.05, 0) is 61.4 Å². The van der Waals surface area contributed by atoms with Crippen molar-refractivity contribution in [3.63, 3.8) is 0 Å². The summed E-state index contributed by atoms with van der Waals surface area (Å²) in [6.07, 6.45) is 4.74. The van der Waals surface area contributed by atoms with Crippen LogP contribution in [0.15, 0.2) is 48.5 Å². The zero-order valence-electron chi connectivity index (χ0n) is 15.2. The molecule has 1 heterocycles. The highest BCUT2D eigenvalue weighted by Crippen LogP contribution is 2.24. The second kappa shape index (κ2) is 8.30. The summed E-state index contributed by atoms with van der Waals surface area (Å²) >= 11 is 0. The molecule has 3 heteroatoms. The van der Waals surface area contributed by atoms with E-state index in [9.17, 15) is 4.79 Å². The standard InChI is InChI=1S/C22H27NO2/c1-17-8-3-4-12-21(17)18-9-7-10-19(16-18)22(24)23(2)14-13-20-11-5-6-15-25-20/h3-4,7-10,12,16,20H,5-6,11,13-15H2,1-2H3. The van der Waals surface area contributed by atoms with E-state index in [1.807, 2.05) is 42.3 Å². The summed E-state index contributed by atoms with van der Waals surface area (Å²) in [5, 5.41) is 0. The molecule has 0 saturated carbocycles. The van der Waals surface area contributed by atoms with Gasteiger partial charge in [-0.25, -0.2) is 0 Å².